The van der Waals surface area contributed by atoms with Crippen molar-refractivity contribution in [3.05, 3.63) is 89.5 Å². The SMILES string of the molecule is COc1ccc(N(Cc2ccc(C#N)cc2)S(=O)(=O)c2ccc(C)cc2)cc1. The molecule has 3 aromatic carbocycles. The van der Waals surface area contributed by atoms with E-state index in [0.29, 0.717) is 17.0 Å². The molecule has 0 aliphatic carbocycles. The minimum Gasteiger partial charge on any atom is -0.497 e. The van der Waals surface area contributed by atoms with Crippen molar-refractivity contribution in [1.82, 2.24) is 0 Å². The smallest absolute Gasteiger partial charge is 0.264 e. The maximum Gasteiger partial charge on any atom is 0.264 e. The van der Waals surface area contributed by atoms with Crippen molar-refractivity contribution in [3.63, 3.8) is 0 Å². The average Bonchev–Trinajstić information content (AvgIpc) is 2.73. The Balaban J connectivity index is 2.04. The van der Waals surface area contributed by atoms with Gasteiger partial charge in [-0.15, -0.1) is 0 Å². The van der Waals surface area contributed by atoms with E-state index in [1.54, 1.807) is 79.9 Å². The first-order chi connectivity index (χ1) is 13.4. The molecule has 0 heterocycles. The first kappa shape index (κ1) is 19.5. The summed E-state index contributed by atoms with van der Waals surface area (Å²) in [4.78, 5) is 0.225. The first-order valence-corrected chi connectivity index (χ1v) is 10.1. The molecule has 0 atom stereocenters. The fourth-order valence-corrected chi connectivity index (χ4v) is 4.20. The van der Waals surface area contributed by atoms with Crippen LogP contribution in [0.5, 0.6) is 5.75 Å². The molecule has 5 nitrogen and oxygen atoms in total. The number of aryl methyl sites for hydroxylation is 1. The molecule has 0 radical (unpaired) electrons. The summed E-state index contributed by atoms with van der Waals surface area (Å²) in [5.41, 5.74) is 2.83. The molecule has 0 saturated carbocycles. The first-order valence-electron chi connectivity index (χ1n) is 8.66. The summed E-state index contributed by atoms with van der Waals surface area (Å²) in [6.07, 6.45) is 0. The van der Waals surface area contributed by atoms with E-state index in [2.05, 4.69) is 6.07 Å². The molecule has 0 unspecified atom stereocenters. The van der Waals surface area contributed by atoms with Crippen LogP contribution < -0.4 is 9.04 Å². The molecule has 0 N–H and O–H groups in total. The van der Waals surface area contributed by atoms with E-state index in [1.165, 1.54) is 4.31 Å². The number of hydrogen-bond donors (Lipinski definition) is 0. The Morgan fingerprint density at radius 3 is 2.07 bits per heavy atom. The highest BCUT2D eigenvalue weighted by atomic mass is 32.2. The number of nitrogens with zero attached hydrogens (tertiary/aromatic N) is 2. The molecule has 6 heteroatoms. The molecule has 0 saturated heterocycles. The molecular formula is C22H20N2O3S. The Kier molecular flexibility index (Phi) is 5.67. The summed E-state index contributed by atoms with van der Waals surface area (Å²) in [6.45, 7) is 2.06. The summed E-state index contributed by atoms with van der Waals surface area (Å²) in [5, 5.41) is 8.97. The molecule has 28 heavy (non-hydrogen) atoms. The Hall–Kier alpha value is -3.30. The van der Waals surface area contributed by atoms with E-state index in [-0.39, 0.29) is 11.4 Å². The van der Waals surface area contributed by atoms with Crippen LogP contribution >= 0.6 is 0 Å². The number of anilines is 1. The molecule has 142 valence electrons. The third-order valence-corrected chi connectivity index (χ3v) is 6.17. The highest BCUT2D eigenvalue weighted by Gasteiger charge is 2.25. The van der Waals surface area contributed by atoms with Gasteiger partial charge >= 0.3 is 0 Å². The fourth-order valence-electron chi connectivity index (χ4n) is 2.75. The van der Waals surface area contributed by atoms with E-state index < -0.39 is 10.0 Å². The largest absolute Gasteiger partial charge is 0.497 e. The highest BCUT2D eigenvalue weighted by molar-refractivity contribution is 7.92. The van der Waals surface area contributed by atoms with Gasteiger partial charge in [0.05, 0.1) is 35.9 Å². The number of sulfonamides is 1. The summed E-state index contributed by atoms with van der Waals surface area (Å²) in [6, 6.07) is 22.6. The topological polar surface area (TPSA) is 70.4 Å². The van der Waals surface area contributed by atoms with Crippen LogP contribution in [-0.4, -0.2) is 15.5 Å². The zero-order valence-corrected chi connectivity index (χ0v) is 16.5. The van der Waals surface area contributed by atoms with Crippen LogP contribution in [-0.2, 0) is 16.6 Å². The number of rotatable bonds is 6. The minimum absolute atomic E-state index is 0.147. The molecule has 3 rings (SSSR count). The van der Waals surface area contributed by atoms with E-state index in [4.69, 9.17) is 10.00 Å². The third kappa shape index (κ3) is 4.16. The Bertz CT molecular complexity index is 1080. The Morgan fingerprint density at radius 2 is 1.54 bits per heavy atom. The van der Waals surface area contributed by atoms with E-state index in [9.17, 15) is 8.42 Å². The fraction of sp³-hybridized carbons (Fsp3) is 0.136. The van der Waals surface area contributed by atoms with E-state index in [0.717, 1.165) is 11.1 Å². The van der Waals surface area contributed by atoms with Crippen molar-refractivity contribution in [2.45, 2.75) is 18.4 Å². The predicted molar refractivity (Wildman–Crippen MR) is 109 cm³/mol. The van der Waals surface area contributed by atoms with Gasteiger partial charge in [-0.05, 0) is 61.0 Å². The van der Waals surface area contributed by atoms with Gasteiger partial charge in [-0.2, -0.15) is 5.26 Å². The van der Waals surface area contributed by atoms with Crippen molar-refractivity contribution < 1.29 is 13.2 Å². The highest BCUT2D eigenvalue weighted by Crippen LogP contribution is 2.28. The van der Waals surface area contributed by atoms with Gasteiger partial charge in [0.25, 0.3) is 10.0 Å². The van der Waals surface area contributed by atoms with Crippen LogP contribution in [0, 0.1) is 18.3 Å². The van der Waals surface area contributed by atoms with Gasteiger partial charge in [0.2, 0.25) is 0 Å². The lowest BCUT2D eigenvalue weighted by Crippen LogP contribution is -2.30. The van der Waals surface area contributed by atoms with Crippen LogP contribution in [0.2, 0.25) is 0 Å². The van der Waals surface area contributed by atoms with Gasteiger partial charge in [0, 0.05) is 0 Å². The van der Waals surface area contributed by atoms with Gasteiger partial charge < -0.3 is 4.74 Å². The number of ether oxygens (including phenoxy) is 1. The van der Waals surface area contributed by atoms with Crippen molar-refractivity contribution >= 4 is 15.7 Å². The van der Waals surface area contributed by atoms with E-state index in [1.807, 2.05) is 6.92 Å². The Labute approximate surface area is 165 Å². The zero-order valence-electron chi connectivity index (χ0n) is 15.7. The molecule has 0 bridgehead atoms. The van der Waals surface area contributed by atoms with Crippen LogP contribution in [0.15, 0.2) is 77.7 Å². The summed E-state index contributed by atoms with van der Waals surface area (Å²) < 4.78 is 33.3. The molecule has 0 aliphatic heterocycles. The van der Waals surface area contributed by atoms with Crippen LogP contribution in [0.3, 0.4) is 0 Å². The van der Waals surface area contributed by atoms with Gasteiger partial charge in [0.1, 0.15) is 5.75 Å². The van der Waals surface area contributed by atoms with Crippen LogP contribution in [0.1, 0.15) is 16.7 Å². The van der Waals surface area contributed by atoms with Gasteiger partial charge in [-0.3, -0.25) is 4.31 Å². The average molecular weight is 392 g/mol. The standard InChI is InChI=1S/C22H20N2O3S/c1-17-3-13-22(14-4-17)28(25,26)24(20-9-11-21(27-2)12-10-20)16-19-7-5-18(15-23)6-8-19/h3-14H,16H2,1-2H3. The number of benzene rings is 3. The number of methoxy groups -OCH3 is 1. The lowest BCUT2D eigenvalue weighted by Gasteiger charge is -2.25. The van der Waals surface area contributed by atoms with Crippen molar-refractivity contribution in [1.29, 1.82) is 5.26 Å². The lowest BCUT2D eigenvalue weighted by molar-refractivity contribution is 0.415. The number of hydrogen-bond acceptors (Lipinski definition) is 4. The van der Waals surface area contributed by atoms with Gasteiger partial charge in [-0.25, -0.2) is 8.42 Å². The van der Waals surface area contributed by atoms with Crippen LogP contribution in [0.25, 0.3) is 0 Å². The van der Waals surface area contributed by atoms with Crippen molar-refractivity contribution in [3.8, 4) is 11.8 Å². The molecule has 3 aromatic rings. The van der Waals surface area contributed by atoms with Crippen molar-refractivity contribution in [2.24, 2.45) is 0 Å². The van der Waals surface area contributed by atoms with Gasteiger partial charge in [-0.1, -0.05) is 29.8 Å². The van der Waals surface area contributed by atoms with Gasteiger partial charge in [0.15, 0.2) is 0 Å². The summed E-state index contributed by atoms with van der Waals surface area (Å²) in [7, 11) is -2.21. The summed E-state index contributed by atoms with van der Waals surface area (Å²) >= 11 is 0. The monoisotopic (exact) mass is 392 g/mol. The maximum absolute atomic E-state index is 13.4. The quantitative estimate of drug-likeness (QED) is 0.628. The molecule has 0 spiro atoms. The number of nitriles is 1. The predicted octanol–water partition coefficient (Wildman–Crippen LogP) is 4.27. The molecular weight excluding hydrogens is 372 g/mol. The second kappa shape index (κ2) is 8.15. The normalized spacial score (nSPS) is 10.9. The second-order valence-corrected chi connectivity index (χ2v) is 8.19. The molecule has 0 aliphatic rings. The Morgan fingerprint density at radius 1 is 0.929 bits per heavy atom. The van der Waals surface area contributed by atoms with E-state index >= 15 is 0 Å². The molecule has 0 amide bonds. The summed E-state index contributed by atoms with van der Waals surface area (Å²) in [5.74, 6) is 0.648. The third-order valence-electron chi connectivity index (χ3n) is 4.38. The minimum atomic E-state index is -3.78. The zero-order chi connectivity index (χ0) is 20.1. The second-order valence-electron chi connectivity index (χ2n) is 6.33. The lowest BCUT2D eigenvalue weighted by atomic mass is 10.1. The molecule has 0 aromatic heterocycles. The van der Waals surface area contributed by atoms with Crippen molar-refractivity contribution in [2.75, 3.05) is 11.4 Å². The molecule has 0 fully saturated rings. The maximum atomic E-state index is 13.4. The van der Waals surface area contributed by atoms with Crippen LogP contribution in [0.4, 0.5) is 5.69 Å².